The molecule has 0 bridgehead atoms. The average molecular weight is 313 g/mol. The minimum atomic E-state index is 0.241. The first kappa shape index (κ1) is 14.0. The molecule has 96 valence electrons. The second-order valence-electron chi connectivity index (χ2n) is 3.78. The Morgan fingerprint density at radius 3 is 2.37 bits per heavy atom. The molecule has 2 aromatic rings. The standard InChI is InChI=1S/C14H8Cl3NO/c15-11-4-2-10(13(17)5-11)8-19-14-6-12(16)3-1-9(14)7-18/h1-6H,8H2. The lowest BCUT2D eigenvalue weighted by Crippen LogP contribution is -1.98. The van der Waals surface area contributed by atoms with Crippen molar-refractivity contribution in [3.05, 3.63) is 62.6 Å². The Bertz CT molecular complexity index is 650. The predicted molar refractivity (Wildman–Crippen MR) is 77.0 cm³/mol. The number of hydrogen-bond donors (Lipinski definition) is 0. The number of rotatable bonds is 3. The number of nitriles is 1. The highest BCUT2D eigenvalue weighted by Crippen LogP contribution is 2.26. The van der Waals surface area contributed by atoms with Gasteiger partial charge in [0.2, 0.25) is 0 Å². The zero-order chi connectivity index (χ0) is 13.8. The van der Waals surface area contributed by atoms with Crippen molar-refractivity contribution < 1.29 is 4.74 Å². The number of benzene rings is 2. The van der Waals surface area contributed by atoms with Gasteiger partial charge >= 0.3 is 0 Å². The van der Waals surface area contributed by atoms with Crippen molar-refractivity contribution in [2.24, 2.45) is 0 Å². The molecule has 0 unspecified atom stereocenters. The molecule has 0 aliphatic carbocycles. The lowest BCUT2D eigenvalue weighted by atomic mass is 10.2. The number of nitrogens with zero attached hydrogens (tertiary/aromatic N) is 1. The first-order chi connectivity index (χ1) is 9.10. The van der Waals surface area contributed by atoms with Gasteiger partial charge in [0.15, 0.2) is 0 Å². The van der Waals surface area contributed by atoms with E-state index >= 15 is 0 Å². The van der Waals surface area contributed by atoms with E-state index < -0.39 is 0 Å². The molecule has 0 aliphatic heterocycles. The van der Waals surface area contributed by atoms with Gasteiger partial charge in [-0.25, -0.2) is 0 Å². The Balaban J connectivity index is 2.19. The summed E-state index contributed by atoms with van der Waals surface area (Å²) in [5, 5.41) is 10.6. The molecule has 0 saturated heterocycles. The molecule has 2 aromatic carbocycles. The van der Waals surface area contributed by atoms with Crippen molar-refractivity contribution in [1.29, 1.82) is 5.26 Å². The normalized spacial score (nSPS) is 10.0. The summed E-state index contributed by atoms with van der Waals surface area (Å²) in [5.41, 5.74) is 1.21. The minimum Gasteiger partial charge on any atom is -0.487 e. The van der Waals surface area contributed by atoms with E-state index in [4.69, 9.17) is 44.8 Å². The molecule has 2 nitrogen and oxygen atoms in total. The third kappa shape index (κ3) is 3.54. The Labute approximate surface area is 126 Å². The summed E-state index contributed by atoms with van der Waals surface area (Å²) in [4.78, 5) is 0. The fourth-order valence-electron chi connectivity index (χ4n) is 1.50. The topological polar surface area (TPSA) is 33.0 Å². The van der Waals surface area contributed by atoms with Crippen LogP contribution in [0.4, 0.5) is 0 Å². The molecular weight excluding hydrogens is 305 g/mol. The van der Waals surface area contributed by atoms with Crippen LogP contribution in [0, 0.1) is 11.3 Å². The zero-order valence-electron chi connectivity index (χ0n) is 9.66. The van der Waals surface area contributed by atoms with Crippen LogP contribution in [0.2, 0.25) is 15.1 Å². The van der Waals surface area contributed by atoms with E-state index in [2.05, 4.69) is 0 Å². The first-order valence-electron chi connectivity index (χ1n) is 5.36. The van der Waals surface area contributed by atoms with Crippen molar-refractivity contribution in [3.63, 3.8) is 0 Å². The second kappa shape index (κ2) is 6.16. The van der Waals surface area contributed by atoms with E-state index in [0.29, 0.717) is 26.4 Å². The number of hydrogen-bond acceptors (Lipinski definition) is 2. The number of halogens is 3. The molecular formula is C14H8Cl3NO. The van der Waals surface area contributed by atoms with Crippen LogP contribution in [0.3, 0.4) is 0 Å². The SMILES string of the molecule is N#Cc1ccc(Cl)cc1OCc1ccc(Cl)cc1Cl. The molecule has 19 heavy (non-hydrogen) atoms. The monoisotopic (exact) mass is 311 g/mol. The van der Waals surface area contributed by atoms with Crippen molar-refractivity contribution in [2.75, 3.05) is 0 Å². The van der Waals surface area contributed by atoms with Crippen molar-refractivity contribution in [3.8, 4) is 11.8 Å². The Kier molecular flexibility index (Phi) is 4.55. The third-order valence-corrected chi connectivity index (χ3v) is 3.28. The maximum Gasteiger partial charge on any atom is 0.139 e. The van der Waals surface area contributed by atoms with Crippen molar-refractivity contribution >= 4 is 34.8 Å². The molecule has 0 heterocycles. The van der Waals surface area contributed by atoms with E-state index in [0.717, 1.165) is 5.56 Å². The van der Waals surface area contributed by atoms with Gasteiger partial charge in [-0.2, -0.15) is 5.26 Å². The Morgan fingerprint density at radius 2 is 1.68 bits per heavy atom. The fourth-order valence-corrected chi connectivity index (χ4v) is 2.13. The van der Waals surface area contributed by atoms with Gasteiger partial charge in [-0.3, -0.25) is 0 Å². The summed E-state index contributed by atoms with van der Waals surface area (Å²) in [5.74, 6) is 0.431. The lowest BCUT2D eigenvalue weighted by molar-refractivity contribution is 0.305. The van der Waals surface area contributed by atoms with Crippen LogP contribution >= 0.6 is 34.8 Å². The smallest absolute Gasteiger partial charge is 0.139 e. The van der Waals surface area contributed by atoms with Crippen LogP contribution in [0.25, 0.3) is 0 Å². The molecule has 0 fully saturated rings. The van der Waals surface area contributed by atoms with Gasteiger partial charge in [0.25, 0.3) is 0 Å². The maximum absolute atomic E-state index is 8.98. The van der Waals surface area contributed by atoms with Gasteiger partial charge in [-0.1, -0.05) is 40.9 Å². The second-order valence-corrected chi connectivity index (χ2v) is 5.06. The lowest BCUT2D eigenvalue weighted by Gasteiger charge is -2.09. The van der Waals surface area contributed by atoms with E-state index in [9.17, 15) is 0 Å². The van der Waals surface area contributed by atoms with Crippen LogP contribution in [-0.4, -0.2) is 0 Å². The van der Waals surface area contributed by atoms with Gasteiger partial charge in [-0.05, 0) is 24.3 Å². The van der Waals surface area contributed by atoms with Crippen molar-refractivity contribution in [2.45, 2.75) is 6.61 Å². The highest BCUT2D eigenvalue weighted by molar-refractivity contribution is 6.35. The molecule has 0 radical (unpaired) electrons. The van der Waals surface area contributed by atoms with Gasteiger partial charge in [0.05, 0.1) is 5.56 Å². The summed E-state index contributed by atoms with van der Waals surface area (Å²) >= 11 is 17.7. The Hall–Kier alpha value is -1.40. The minimum absolute atomic E-state index is 0.241. The van der Waals surface area contributed by atoms with Gasteiger partial charge in [-0.15, -0.1) is 0 Å². The molecule has 2 rings (SSSR count). The largest absolute Gasteiger partial charge is 0.487 e. The summed E-state index contributed by atoms with van der Waals surface area (Å²) in [6, 6.07) is 12.1. The van der Waals surface area contributed by atoms with Crippen LogP contribution in [0.1, 0.15) is 11.1 Å². The predicted octanol–water partition coefficient (Wildman–Crippen LogP) is 5.10. The molecule has 0 amide bonds. The molecule has 0 aromatic heterocycles. The van der Waals surface area contributed by atoms with Crippen LogP contribution in [-0.2, 0) is 6.61 Å². The highest BCUT2D eigenvalue weighted by atomic mass is 35.5. The summed E-state index contributed by atoms with van der Waals surface area (Å²) in [6.45, 7) is 0.241. The van der Waals surface area contributed by atoms with Crippen LogP contribution in [0.5, 0.6) is 5.75 Å². The molecule has 5 heteroatoms. The zero-order valence-corrected chi connectivity index (χ0v) is 11.9. The van der Waals surface area contributed by atoms with E-state index in [1.807, 2.05) is 6.07 Å². The third-order valence-electron chi connectivity index (χ3n) is 2.46. The first-order valence-corrected chi connectivity index (χ1v) is 6.50. The molecule has 0 saturated carbocycles. The molecule has 0 spiro atoms. The Morgan fingerprint density at radius 1 is 1.00 bits per heavy atom. The van der Waals surface area contributed by atoms with Crippen molar-refractivity contribution in [1.82, 2.24) is 0 Å². The quantitative estimate of drug-likeness (QED) is 0.790. The van der Waals surface area contributed by atoms with E-state index in [1.165, 1.54) is 0 Å². The average Bonchev–Trinajstić information content (AvgIpc) is 2.38. The van der Waals surface area contributed by atoms with Crippen LogP contribution < -0.4 is 4.74 Å². The number of ether oxygens (including phenoxy) is 1. The molecule has 0 aliphatic rings. The van der Waals surface area contributed by atoms with Gasteiger partial charge < -0.3 is 4.74 Å². The van der Waals surface area contributed by atoms with Gasteiger partial charge in [0.1, 0.15) is 18.4 Å². The summed E-state index contributed by atoms with van der Waals surface area (Å²) < 4.78 is 5.58. The maximum atomic E-state index is 8.98. The van der Waals surface area contributed by atoms with E-state index in [1.54, 1.807) is 36.4 Å². The summed E-state index contributed by atoms with van der Waals surface area (Å²) in [7, 11) is 0. The molecule has 0 N–H and O–H groups in total. The fraction of sp³-hybridized carbons (Fsp3) is 0.0714. The van der Waals surface area contributed by atoms with Crippen LogP contribution in [0.15, 0.2) is 36.4 Å². The van der Waals surface area contributed by atoms with Gasteiger partial charge in [0, 0.05) is 26.7 Å². The summed E-state index contributed by atoms with van der Waals surface area (Å²) in [6.07, 6.45) is 0. The van der Waals surface area contributed by atoms with E-state index in [-0.39, 0.29) is 6.61 Å². The molecule has 0 atom stereocenters. The highest BCUT2D eigenvalue weighted by Gasteiger charge is 2.07.